The maximum Gasteiger partial charge on any atom is 0.193 e. The van der Waals surface area contributed by atoms with E-state index in [0.29, 0.717) is 44.5 Å². The average molecular weight is 1050 g/mol. The van der Waals surface area contributed by atoms with E-state index in [0.717, 1.165) is 40.1 Å². The van der Waals surface area contributed by atoms with Crippen LogP contribution in [0.15, 0.2) is 212 Å². The SMILES string of the molecule is O=C(c1ccc(Br)cc1)c1ccc(C(c2ccc(C(=O)c3ccc(Br)cc3)cc2)(c2ccc(C(=O)c3ccc(Br)cc3)cc2)c2ccc(C(=O)c3ccc(Br)cc3)cc2)cc1. The predicted octanol–water partition coefficient (Wildman–Crippen LogP) is 14.0. The first-order chi connectivity index (χ1) is 29.5. The van der Waals surface area contributed by atoms with Crippen molar-refractivity contribution in [2.75, 3.05) is 0 Å². The summed E-state index contributed by atoms with van der Waals surface area (Å²) in [4.78, 5) is 54.9. The van der Waals surface area contributed by atoms with Crippen LogP contribution in [0.1, 0.15) is 85.9 Å². The van der Waals surface area contributed by atoms with Crippen LogP contribution in [0.5, 0.6) is 0 Å². The molecule has 61 heavy (non-hydrogen) atoms. The molecule has 0 radical (unpaired) electrons. The molecule has 0 bridgehead atoms. The number of ketones is 4. The maximum atomic E-state index is 13.7. The van der Waals surface area contributed by atoms with Crippen LogP contribution in [0.4, 0.5) is 0 Å². The zero-order chi connectivity index (χ0) is 42.7. The highest BCUT2D eigenvalue weighted by molar-refractivity contribution is 9.11. The Hall–Kier alpha value is -5.64. The summed E-state index contributed by atoms with van der Waals surface area (Å²) in [6.45, 7) is 0. The van der Waals surface area contributed by atoms with Gasteiger partial charge in [0.25, 0.3) is 0 Å². The fourth-order valence-corrected chi connectivity index (χ4v) is 8.62. The van der Waals surface area contributed by atoms with Gasteiger partial charge in [-0.25, -0.2) is 0 Å². The summed E-state index contributed by atoms with van der Waals surface area (Å²) in [5, 5.41) is 0. The van der Waals surface area contributed by atoms with E-state index >= 15 is 0 Å². The van der Waals surface area contributed by atoms with Crippen molar-refractivity contribution in [3.05, 3.63) is 279 Å². The summed E-state index contributed by atoms with van der Waals surface area (Å²) in [5.41, 5.74) is 6.54. The number of rotatable bonds is 12. The van der Waals surface area contributed by atoms with Crippen molar-refractivity contribution in [1.29, 1.82) is 0 Å². The predicted molar refractivity (Wildman–Crippen MR) is 255 cm³/mol. The Morgan fingerprint density at radius 2 is 0.361 bits per heavy atom. The monoisotopic (exact) mass is 1050 g/mol. The van der Waals surface area contributed by atoms with Gasteiger partial charge in [-0.2, -0.15) is 0 Å². The quantitative estimate of drug-likeness (QED) is 0.0903. The Morgan fingerprint density at radius 3 is 0.508 bits per heavy atom. The minimum Gasteiger partial charge on any atom is -0.289 e. The molecule has 0 amide bonds. The van der Waals surface area contributed by atoms with Gasteiger partial charge in [0, 0.05) is 62.4 Å². The standard InChI is InChI=1S/C53H32Br4O4/c54-45-25-9-37(10-26-45)49(58)33-1-17-41(18-2-33)53(42-19-3-34(4-20-42)50(59)38-11-27-46(55)28-12-38,43-21-5-35(6-22-43)51(60)39-13-29-47(56)30-14-39)44-23-7-36(8-24-44)52(61)40-15-31-48(57)32-16-40/h1-32H. The van der Waals surface area contributed by atoms with E-state index in [9.17, 15) is 19.2 Å². The van der Waals surface area contributed by atoms with Gasteiger partial charge in [-0.15, -0.1) is 0 Å². The lowest BCUT2D eigenvalue weighted by atomic mass is 9.64. The van der Waals surface area contributed by atoms with Gasteiger partial charge in [-0.3, -0.25) is 19.2 Å². The van der Waals surface area contributed by atoms with Crippen molar-refractivity contribution < 1.29 is 19.2 Å². The van der Waals surface area contributed by atoms with Crippen LogP contribution in [0.25, 0.3) is 0 Å². The molecule has 8 heteroatoms. The van der Waals surface area contributed by atoms with Crippen molar-refractivity contribution in [2.45, 2.75) is 5.41 Å². The van der Waals surface area contributed by atoms with E-state index in [2.05, 4.69) is 63.7 Å². The lowest BCUT2D eigenvalue weighted by Gasteiger charge is -2.37. The molecule has 0 saturated carbocycles. The number of hydrogen-bond acceptors (Lipinski definition) is 4. The summed E-state index contributed by atoms with van der Waals surface area (Å²) in [7, 11) is 0. The number of carbonyl (C=O) groups is 4. The first kappa shape index (κ1) is 42.1. The van der Waals surface area contributed by atoms with E-state index in [4.69, 9.17) is 0 Å². The van der Waals surface area contributed by atoms with Crippen molar-refractivity contribution in [1.82, 2.24) is 0 Å². The molecule has 0 aliphatic rings. The Morgan fingerprint density at radius 1 is 0.230 bits per heavy atom. The Kier molecular flexibility index (Phi) is 12.5. The zero-order valence-corrected chi connectivity index (χ0v) is 38.5. The third-order valence-corrected chi connectivity index (χ3v) is 12.9. The highest BCUT2D eigenvalue weighted by Crippen LogP contribution is 2.46. The van der Waals surface area contributed by atoms with Gasteiger partial charge in [0.05, 0.1) is 5.41 Å². The minimum absolute atomic E-state index is 0.118. The lowest BCUT2D eigenvalue weighted by Crippen LogP contribution is -2.31. The van der Waals surface area contributed by atoms with Crippen LogP contribution >= 0.6 is 63.7 Å². The molecule has 0 atom stereocenters. The molecule has 0 saturated heterocycles. The fourth-order valence-electron chi connectivity index (χ4n) is 7.56. The third kappa shape index (κ3) is 8.77. The fraction of sp³-hybridized carbons (Fsp3) is 0.0189. The highest BCUT2D eigenvalue weighted by atomic mass is 79.9. The van der Waals surface area contributed by atoms with E-state index in [1.54, 1.807) is 48.5 Å². The second-order valence-corrected chi connectivity index (χ2v) is 18.1. The summed E-state index contributed by atoms with van der Waals surface area (Å²) in [5.74, 6) is -0.474. The molecule has 8 aromatic carbocycles. The van der Waals surface area contributed by atoms with Crippen molar-refractivity contribution in [3.8, 4) is 0 Å². The summed E-state index contributed by atoms with van der Waals surface area (Å²) < 4.78 is 3.51. The third-order valence-electron chi connectivity index (χ3n) is 10.7. The van der Waals surface area contributed by atoms with E-state index < -0.39 is 5.41 Å². The Bertz CT molecular complexity index is 2480. The van der Waals surface area contributed by atoms with Gasteiger partial charge < -0.3 is 0 Å². The minimum atomic E-state index is -1.06. The smallest absolute Gasteiger partial charge is 0.193 e. The Balaban J connectivity index is 1.30. The second kappa shape index (κ2) is 18.1. The number of benzene rings is 8. The molecule has 0 unspecified atom stereocenters. The average Bonchev–Trinajstić information content (AvgIpc) is 3.30. The van der Waals surface area contributed by atoms with E-state index in [-0.39, 0.29) is 23.1 Å². The molecule has 0 aliphatic carbocycles. The molecular formula is C53H32Br4O4. The van der Waals surface area contributed by atoms with E-state index in [1.807, 2.05) is 146 Å². The van der Waals surface area contributed by atoms with Crippen molar-refractivity contribution >= 4 is 86.9 Å². The number of hydrogen-bond donors (Lipinski definition) is 0. The molecule has 0 N–H and O–H groups in total. The number of halogens is 4. The van der Waals surface area contributed by atoms with Gasteiger partial charge in [-0.1, -0.05) is 161 Å². The maximum absolute atomic E-state index is 13.7. The Labute approximate surface area is 387 Å². The molecule has 0 aliphatic heterocycles. The molecule has 0 heterocycles. The molecule has 0 fully saturated rings. The van der Waals surface area contributed by atoms with Crippen molar-refractivity contribution in [2.24, 2.45) is 0 Å². The summed E-state index contributed by atoms with van der Waals surface area (Å²) >= 11 is 13.8. The van der Waals surface area contributed by atoms with Gasteiger partial charge in [0.1, 0.15) is 0 Å². The van der Waals surface area contributed by atoms with Crippen LogP contribution in [-0.4, -0.2) is 23.1 Å². The highest BCUT2D eigenvalue weighted by Gasteiger charge is 2.39. The molecule has 8 rings (SSSR count). The largest absolute Gasteiger partial charge is 0.289 e. The molecule has 0 aromatic heterocycles. The lowest BCUT2D eigenvalue weighted by molar-refractivity contribution is 0.103. The topological polar surface area (TPSA) is 68.3 Å². The molecule has 8 aromatic rings. The van der Waals surface area contributed by atoms with E-state index in [1.165, 1.54) is 0 Å². The van der Waals surface area contributed by atoms with Gasteiger partial charge >= 0.3 is 0 Å². The van der Waals surface area contributed by atoms with Crippen LogP contribution in [0, 0.1) is 0 Å². The van der Waals surface area contributed by atoms with Gasteiger partial charge in [0.2, 0.25) is 0 Å². The van der Waals surface area contributed by atoms with Crippen LogP contribution in [0.3, 0.4) is 0 Å². The van der Waals surface area contributed by atoms with Crippen LogP contribution < -0.4 is 0 Å². The molecule has 4 nitrogen and oxygen atoms in total. The first-order valence-electron chi connectivity index (χ1n) is 19.1. The molecular weight excluding hydrogens is 1020 g/mol. The first-order valence-corrected chi connectivity index (χ1v) is 22.3. The molecule has 296 valence electrons. The molecule has 0 spiro atoms. The summed E-state index contributed by atoms with van der Waals surface area (Å²) in [6, 6.07) is 59.3. The zero-order valence-electron chi connectivity index (χ0n) is 32.1. The van der Waals surface area contributed by atoms with Crippen molar-refractivity contribution in [3.63, 3.8) is 0 Å². The van der Waals surface area contributed by atoms with Gasteiger partial charge in [0.15, 0.2) is 23.1 Å². The summed E-state index contributed by atoms with van der Waals surface area (Å²) in [6.07, 6.45) is 0. The number of carbonyl (C=O) groups excluding carboxylic acids is 4. The van der Waals surface area contributed by atoms with Crippen LogP contribution in [-0.2, 0) is 5.41 Å². The van der Waals surface area contributed by atoms with Gasteiger partial charge in [-0.05, 0) is 119 Å². The normalized spacial score (nSPS) is 11.2. The van der Waals surface area contributed by atoms with Crippen LogP contribution in [0.2, 0.25) is 0 Å². The second-order valence-electron chi connectivity index (χ2n) is 14.4.